The van der Waals surface area contributed by atoms with Crippen LogP contribution >= 0.6 is 0 Å². The molecule has 0 aliphatic heterocycles. The summed E-state index contributed by atoms with van der Waals surface area (Å²) in [5, 5.41) is 25.8. The molecular weight excluding hydrogens is 450 g/mol. The van der Waals surface area contributed by atoms with E-state index in [-0.39, 0.29) is 17.9 Å². The second kappa shape index (κ2) is 11.7. The second-order valence-electron chi connectivity index (χ2n) is 9.34. The van der Waals surface area contributed by atoms with E-state index in [1.54, 1.807) is 58.0 Å². The predicted molar refractivity (Wildman–Crippen MR) is 133 cm³/mol. The third-order valence-corrected chi connectivity index (χ3v) is 5.25. The van der Waals surface area contributed by atoms with Crippen molar-refractivity contribution in [2.45, 2.75) is 59.2 Å². The molecule has 4 N–H and O–H groups in total. The topological polar surface area (TPSA) is 128 Å². The molecule has 2 rings (SSSR count). The number of anilines is 1. The molecule has 0 radical (unpaired) electrons. The molecule has 0 saturated heterocycles. The van der Waals surface area contributed by atoms with Gasteiger partial charge in [0.2, 0.25) is 5.91 Å². The summed E-state index contributed by atoms with van der Waals surface area (Å²) in [6.45, 7) is 9.42. The molecule has 3 amide bonds. The van der Waals surface area contributed by atoms with Gasteiger partial charge in [0.15, 0.2) is 0 Å². The van der Waals surface area contributed by atoms with Crippen LogP contribution in [0, 0.1) is 13.8 Å². The van der Waals surface area contributed by atoms with E-state index >= 15 is 0 Å². The minimum absolute atomic E-state index is 0.138. The summed E-state index contributed by atoms with van der Waals surface area (Å²) in [5.74, 6) is -1.34. The molecule has 0 spiro atoms. The lowest BCUT2D eigenvalue weighted by Crippen LogP contribution is -2.52. The number of nitrogens with one attached hydrogen (secondary N) is 2. The van der Waals surface area contributed by atoms with Crippen molar-refractivity contribution < 1.29 is 29.3 Å². The van der Waals surface area contributed by atoms with Crippen LogP contribution in [-0.2, 0) is 14.3 Å². The maximum absolute atomic E-state index is 13.6. The minimum Gasteiger partial charge on any atom is -0.507 e. The molecule has 0 bridgehead atoms. The lowest BCUT2D eigenvalue weighted by atomic mass is 9.99. The van der Waals surface area contributed by atoms with E-state index in [9.17, 15) is 24.6 Å². The smallest absolute Gasteiger partial charge is 0.408 e. The van der Waals surface area contributed by atoms with Crippen LogP contribution in [0.25, 0.3) is 0 Å². The fourth-order valence-electron chi connectivity index (χ4n) is 3.54. The number of aliphatic hydroxyl groups is 1. The van der Waals surface area contributed by atoms with Crippen LogP contribution in [0.3, 0.4) is 0 Å². The first-order valence-corrected chi connectivity index (χ1v) is 11.4. The largest absolute Gasteiger partial charge is 0.507 e. The van der Waals surface area contributed by atoms with Crippen molar-refractivity contribution in [3.05, 3.63) is 59.2 Å². The van der Waals surface area contributed by atoms with Gasteiger partial charge in [-0.2, -0.15) is 0 Å². The molecule has 0 aliphatic rings. The normalized spacial score (nSPS) is 12.9. The van der Waals surface area contributed by atoms with E-state index in [4.69, 9.17) is 4.74 Å². The number of benzene rings is 2. The predicted octanol–water partition coefficient (Wildman–Crippen LogP) is 3.42. The standard InChI is InChI=1S/C26H35N3O6/c1-16-10-7-8-13-20(16)28-23(32)21(19-12-9-11-17(2)22(19)31)29(14-15-30)24(33)18(3)27-25(34)35-26(4,5)6/h7-13,18,21,30-31H,14-15H2,1-6H3,(H,27,34)(H,28,32). The summed E-state index contributed by atoms with van der Waals surface area (Å²) in [6.07, 6.45) is -0.790. The van der Waals surface area contributed by atoms with Gasteiger partial charge in [-0.25, -0.2) is 4.79 Å². The number of carbonyl (C=O) groups is 3. The molecule has 190 valence electrons. The zero-order valence-corrected chi connectivity index (χ0v) is 21.1. The summed E-state index contributed by atoms with van der Waals surface area (Å²) >= 11 is 0. The Hall–Kier alpha value is -3.59. The highest BCUT2D eigenvalue weighted by atomic mass is 16.6. The van der Waals surface area contributed by atoms with Gasteiger partial charge in [0.1, 0.15) is 23.4 Å². The number of rotatable bonds is 8. The Bertz CT molecular complexity index is 1060. The molecule has 0 saturated carbocycles. The zero-order chi connectivity index (χ0) is 26.3. The third-order valence-electron chi connectivity index (χ3n) is 5.25. The Labute approximate surface area is 206 Å². The number of phenols is 1. The number of aromatic hydroxyl groups is 1. The van der Waals surface area contributed by atoms with Crippen LogP contribution in [0.5, 0.6) is 5.75 Å². The molecule has 9 nitrogen and oxygen atoms in total. The molecule has 2 aromatic rings. The number of phenolic OH excluding ortho intramolecular Hbond substituents is 1. The van der Waals surface area contributed by atoms with Crippen LogP contribution in [0.2, 0.25) is 0 Å². The highest BCUT2D eigenvalue weighted by Crippen LogP contribution is 2.33. The maximum atomic E-state index is 13.6. The van der Waals surface area contributed by atoms with Gasteiger partial charge in [0.05, 0.1) is 6.61 Å². The van der Waals surface area contributed by atoms with Gasteiger partial charge in [-0.3, -0.25) is 9.59 Å². The van der Waals surface area contributed by atoms with Crippen LogP contribution in [0.1, 0.15) is 50.4 Å². The van der Waals surface area contributed by atoms with Crippen molar-refractivity contribution in [2.24, 2.45) is 0 Å². The highest BCUT2D eigenvalue weighted by Gasteiger charge is 2.36. The highest BCUT2D eigenvalue weighted by molar-refractivity contribution is 5.99. The second-order valence-corrected chi connectivity index (χ2v) is 9.34. The number of amides is 3. The number of hydrogen-bond donors (Lipinski definition) is 4. The van der Waals surface area contributed by atoms with Gasteiger partial charge in [-0.15, -0.1) is 0 Å². The lowest BCUT2D eigenvalue weighted by molar-refractivity contribution is -0.141. The monoisotopic (exact) mass is 485 g/mol. The van der Waals surface area contributed by atoms with Gasteiger partial charge >= 0.3 is 6.09 Å². The lowest BCUT2D eigenvalue weighted by Gasteiger charge is -2.33. The molecule has 0 aromatic heterocycles. The van der Waals surface area contributed by atoms with Crippen molar-refractivity contribution in [1.29, 1.82) is 0 Å². The summed E-state index contributed by atoms with van der Waals surface area (Å²) < 4.78 is 5.23. The molecule has 0 fully saturated rings. The number of ether oxygens (including phenoxy) is 1. The first kappa shape index (κ1) is 27.7. The van der Waals surface area contributed by atoms with E-state index in [1.807, 2.05) is 19.1 Å². The average molecular weight is 486 g/mol. The van der Waals surface area contributed by atoms with E-state index < -0.39 is 42.2 Å². The Balaban J connectivity index is 2.46. The van der Waals surface area contributed by atoms with Gasteiger partial charge in [-0.1, -0.05) is 36.4 Å². The summed E-state index contributed by atoms with van der Waals surface area (Å²) in [6, 6.07) is 9.71. The molecule has 2 atom stereocenters. The average Bonchev–Trinajstić information content (AvgIpc) is 2.76. The van der Waals surface area contributed by atoms with Crippen molar-refractivity contribution >= 4 is 23.6 Å². The number of hydrogen-bond acceptors (Lipinski definition) is 6. The molecule has 2 unspecified atom stereocenters. The van der Waals surface area contributed by atoms with E-state index in [0.717, 1.165) is 10.5 Å². The van der Waals surface area contributed by atoms with Crippen LogP contribution in [-0.4, -0.2) is 57.8 Å². The quantitative estimate of drug-likeness (QED) is 0.454. The van der Waals surface area contributed by atoms with Crippen LogP contribution in [0.15, 0.2) is 42.5 Å². The first-order chi connectivity index (χ1) is 16.4. The van der Waals surface area contributed by atoms with E-state index in [1.165, 1.54) is 6.92 Å². The molecule has 35 heavy (non-hydrogen) atoms. The third kappa shape index (κ3) is 7.45. The number of carbonyl (C=O) groups excluding carboxylic acids is 3. The first-order valence-electron chi connectivity index (χ1n) is 11.4. The van der Waals surface area contributed by atoms with Gasteiger partial charge in [-0.05, 0) is 58.7 Å². The van der Waals surface area contributed by atoms with E-state index in [2.05, 4.69) is 10.6 Å². The Morgan fingerprint density at radius 1 is 1.03 bits per heavy atom. The van der Waals surface area contributed by atoms with Crippen LogP contribution < -0.4 is 10.6 Å². The number of aryl methyl sites for hydroxylation is 2. The fourth-order valence-corrected chi connectivity index (χ4v) is 3.54. The Kier molecular flexibility index (Phi) is 9.25. The number of aliphatic hydroxyl groups excluding tert-OH is 1. The number of para-hydroxylation sites is 2. The van der Waals surface area contributed by atoms with Crippen molar-refractivity contribution in [3.63, 3.8) is 0 Å². The van der Waals surface area contributed by atoms with Gasteiger partial charge in [0, 0.05) is 17.8 Å². The van der Waals surface area contributed by atoms with E-state index in [0.29, 0.717) is 11.3 Å². The van der Waals surface area contributed by atoms with Crippen molar-refractivity contribution in [3.8, 4) is 5.75 Å². The summed E-state index contributed by atoms with van der Waals surface area (Å²) in [4.78, 5) is 40.4. The fraction of sp³-hybridized carbons (Fsp3) is 0.423. The molecular formula is C26H35N3O6. The van der Waals surface area contributed by atoms with Crippen molar-refractivity contribution in [2.75, 3.05) is 18.5 Å². The van der Waals surface area contributed by atoms with Gasteiger partial charge < -0.3 is 30.5 Å². The van der Waals surface area contributed by atoms with Crippen molar-refractivity contribution in [1.82, 2.24) is 10.2 Å². The number of nitrogens with zero attached hydrogens (tertiary/aromatic N) is 1. The van der Waals surface area contributed by atoms with Crippen LogP contribution in [0.4, 0.5) is 10.5 Å². The zero-order valence-electron chi connectivity index (χ0n) is 21.1. The maximum Gasteiger partial charge on any atom is 0.408 e. The molecule has 2 aromatic carbocycles. The van der Waals surface area contributed by atoms with Gasteiger partial charge in [0.25, 0.3) is 5.91 Å². The molecule has 0 aliphatic carbocycles. The summed E-state index contributed by atoms with van der Waals surface area (Å²) in [5.41, 5.74) is 1.31. The minimum atomic E-state index is -1.28. The Morgan fingerprint density at radius 2 is 1.66 bits per heavy atom. The Morgan fingerprint density at radius 3 is 2.26 bits per heavy atom. The number of alkyl carbamates (subject to hydrolysis) is 1. The summed E-state index contributed by atoms with van der Waals surface area (Å²) in [7, 11) is 0. The SMILES string of the molecule is Cc1ccccc1NC(=O)C(c1cccc(C)c1O)N(CCO)C(=O)C(C)NC(=O)OC(C)(C)C. The molecule has 0 heterocycles. The molecule has 9 heteroatoms.